The lowest BCUT2D eigenvalue weighted by molar-refractivity contribution is 0.578. The first-order valence-corrected chi connectivity index (χ1v) is 7.75. The van der Waals surface area contributed by atoms with Gasteiger partial charge in [0.2, 0.25) is 0 Å². The molecule has 0 saturated carbocycles. The lowest BCUT2D eigenvalue weighted by Gasteiger charge is -2.11. The van der Waals surface area contributed by atoms with Gasteiger partial charge in [0.15, 0.2) is 0 Å². The summed E-state index contributed by atoms with van der Waals surface area (Å²) in [5.41, 5.74) is 1.99. The molecule has 1 nitrogen and oxygen atoms in total. The number of benzene rings is 2. The summed E-state index contributed by atoms with van der Waals surface area (Å²) in [5.74, 6) is -0.134. The van der Waals surface area contributed by atoms with Crippen molar-refractivity contribution in [2.24, 2.45) is 0 Å². The summed E-state index contributed by atoms with van der Waals surface area (Å²) in [6.07, 6.45) is 1.05. The first-order chi connectivity index (χ1) is 9.70. The van der Waals surface area contributed by atoms with E-state index in [4.69, 9.17) is 0 Å². The molecule has 0 amide bonds. The highest BCUT2D eigenvalue weighted by Crippen LogP contribution is 2.31. The fraction of sp³-hybridized carbons (Fsp3) is 0.294. The molecule has 0 bridgehead atoms. The van der Waals surface area contributed by atoms with Crippen molar-refractivity contribution < 1.29 is 4.39 Å². The fourth-order valence-corrected chi connectivity index (χ4v) is 2.90. The van der Waals surface area contributed by atoms with E-state index in [0.717, 1.165) is 28.3 Å². The molecule has 0 fully saturated rings. The SMILES string of the molecule is CCCNCc1c(F)cccc1Sc1ccc(C)cc1. The highest BCUT2D eigenvalue weighted by Gasteiger charge is 2.09. The predicted molar refractivity (Wildman–Crippen MR) is 83.7 cm³/mol. The zero-order valence-electron chi connectivity index (χ0n) is 11.9. The number of nitrogens with one attached hydrogen (secondary N) is 1. The summed E-state index contributed by atoms with van der Waals surface area (Å²) in [6.45, 7) is 5.66. The van der Waals surface area contributed by atoms with Crippen molar-refractivity contribution in [3.8, 4) is 0 Å². The van der Waals surface area contributed by atoms with Crippen LogP contribution in [0.3, 0.4) is 0 Å². The van der Waals surface area contributed by atoms with E-state index in [1.165, 1.54) is 11.6 Å². The van der Waals surface area contributed by atoms with Gasteiger partial charge in [0.25, 0.3) is 0 Å². The van der Waals surface area contributed by atoms with Gasteiger partial charge in [0, 0.05) is 21.9 Å². The van der Waals surface area contributed by atoms with E-state index < -0.39 is 0 Å². The molecule has 20 heavy (non-hydrogen) atoms. The van der Waals surface area contributed by atoms with Gasteiger partial charge < -0.3 is 5.32 Å². The third kappa shape index (κ3) is 4.09. The van der Waals surface area contributed by atoms with Gasteiger partial charge >= 0.3 is 0 Å². The van der Waals surface area contributed by atoms with Crippen LogP contribution in [0.25, 0.3) is 0 Å². The molecular weight excluding hydrogens is 269 g/mol. The standard InChI is InChI=1S/C17H20FNS/c1-3-11-19-12-15-16(18)5-4-6-17(15)20-14-9-7-13(2)8-10-14/h4-10,19H,3,11-12H2,1-2H3. The molecule has 2 rings (SSSR count). The Kier molecular flexibility index (Phi) is 5.62. The zero-order chi connectivity index (χ0) is 14.4. The second kappa shape index (κ2) is 7.46. The van der Waals surface area contributed by atoms with Crippen LogP contribution in [-0.2, 0) is 6.54 Å². The van der Waals surface area contributed by atoms with Crippen molar-refractivity contribution in [2.45, 2.75) is 36.6 Å². The first kappa shape index (κ1) is 15.1. The highest BCUT2D eigenvalue weighted by atomic mass is 32.2. The van der Waals surface area contributed by atoms with Gasteiger partial charge in [-0.25, -0.2) is 4.39 Å². The normalized spacial score (nSPS) is 10.8. The van der Waals surface area contributed by atoms with Gasteiger partial charge in [0.05, 0.1) is 0 Å². The Morgan fingerprint density at radius 2 is 1.85 bits per heavy atom. The van der Waals surface area contributed by atoms with E-state index in [1.54, 1.807) is 17.8 Å². The van der Waals surface area contributed by atoms with E-state index in [9.17, 15) is 4.39 Å². The Hall–Kier alpha value is -1.32. The molecule has 0 atom stereocenters. The molecule has 0 aliphatic heterocycles. The van der Waals surface area contributed by atoms with Crippen molar-refractivity contribution in [2.75, 3.05) is 6.54 Å². The fourth-order valence-electron chi connectivity index (χ4n) is 1.93. The Morgan fingerprint density at radius 3 is 2.55 bits per heavy atom. The molecule has 2 aromatic rings. The molecule has 0 spiro atoms. The Bertz CT molecular complexity index is 551. The Labute approximate surface area is 124 Å². The Balaban J connectivity index is 2.17. The smallest absolute Gasteiger partial charge is 0.128 e. The van der Waals surface area contributed by atoms with Crippen LogP contribution in [-0.4, -0.2) is 6.54 Å². The second-order valence-electron chi connectivity index (χ2n) is 4.81. The van der Waals surface area contributed by atoms with Crippen molar-refractivity contribution in [3.05, 3.63) is 59.4 Å². The minimum atomic E-state index is -0.134. The summed E-state index contributed by atoms with van der Waals surface area (Å²) >= 11 is 1.62. The molecule has 3 heteroatoms. The van der Waals surface area contributed by atoms with Gasteiger partial charge in [-0.3, -0.25) is 0 Å². The van der Waals surface area contributed by atoms with E-state index in [2.05, 4.69) is 43.4 Å². The second-order valence-corrected chi connectivity index (χ2v) is 5.92. The highest BCUT2D eigenvalue weighted by molar-refractivity contribution is 7.99. The quantitative estimate of drug-likeness (QED) is 0.768. The molecule has 0 saturated heterocycles. The molecule has 0 unspecified atom stereocenters. The summed E-state index contributed by atoms with van der Waals surface area (Å²) in [7, 11) is 0. The molecule has 0 aliphatic carbocycles. The minimum Gasteiger partial charge on any atom is -0.313 e. The van der Waals surface area contributed by atoms with E-state index >= 15 is 0 Å². The molecule has 0 aliphatic rings. The van der Waals surface area contributed by atoms with E-state index in [1.807, 2.05) is 6.07 Å². The molecule has 0 heterocycles. The van der Waals surface area contributed by atoms with Crippen LogP contribution < -0.4 is 5.32 Å². The van der Waals surface area contributed by atoms with E-state index in [-0.39, 0.29) is 5.82 Å². The van der Waals surface area contributed by atoms with Crippen LogP contribution >= 0.6 is 11.8 Å². The minimum absolute atomic E-state index is 0.134. The third-order valence-corrected chi connectivity index (χ3v) is 4.16. The number of aryl methyl sites for hydroxylation is 1. The number of hydrogen-bond acceptors (Lipinski definition) is 2. The molecular formula is C17H20FNS. The zero-order valence-corrected chi connectivity index (χ0v) is 12.8. The average molecular weight is 289 g/mol. The topological polar surface area (TPSA) is 12.0 Å². The van der Waals surface area contributed by atoms with Crippen LogP contribution in [0.1, 0.15) is 24.5 Å². The molecule has 2 aromatic carbocycles. The monoisotopic (exact) mass is 289 g/mol. The molecule has 106 valence electrons. The van der Waals surface area contributed by atoms with Crippen LogP contribution in [0.2, 0.25) is 0 Å². The number of rotatable bonds is 6. The molecule has 1 N–H and O–H groups in total. The first-order valence-electron chi connectivity index (χ1n) is 6.93. The molecule has 0 radical (unpaired) electrons. The largest absolute Gasteiger partial charge is 0.313 e. The van der Waals surface area contributed by atoms with Crippen LogP contribution in [0.4, 0.5) is 4.39 Å². The molecule has 0 aromatic heterocycles. The maximum Gasteiger partial charge on any atom is 0.128 e. The van der Waals surface area contributed by atoms with Gasteiger partial charge in [-0.2, -0.15) is 0 Å². The lowest BCUT2D eigenvalue weighted by Crippen LogP contribution is -2.15. The van der Waals surface area contributed by atoms with Gasteiger partial charge in [-0.1, -0.05) is 42.4 Å². The summed E-state index contributed by atoms with van der Waals surface area (Å²) < 4.78 is 14.0. The van der Waals surface area contributed by atoms with Crippen LogP contribution in [0.5, 0.6) is 0 Å². The Morgan fingerprint density at radius 1 is 1.10 bits per heavy atom. The van der Waals surface area contributed by atoms with Gasteiger partial charge in [-0.15, -0.1) is 0 Å². The van der Waals surface area contributed by atoms with Crippen molar-refractivity contribution in [1.82, 2.24) is 5.32 Å². The predicted octanol–water partition coefficient (Wildman–Crippen LogP) is 4.78. The van der Waals surface area contributed by atoms with Crippen molar-refractivity contribution >= 4 is 11.8 Å². The summed E-state index contributed by atoms with van der Waals surface area (Å²) in [6, 6.07) is 13.6. The van der Waals surface area contributed by atoms with Crippen molar-refractivity contribution in [3.63, 3.8) is 0 Å². The maximum absolute atomic E-state index is 14.0. The third-order valence-electron chi connectivity index (χ3n) is 3.05. The van der Waals surface area contributed by atoms with Crippen molar-refractivity contribution in [1.29, 1.82) is 0 Å². The lowest BCUT2D eigenvalue weighted by atomic mass is 10.2. The van der Waals surface area contributed by atoms with Gasteiger partial charge in [0.1, 0.15) is 5.82 Å². The maximum atomic E-state index is 14.0. The van der Waals surface area contributed by atoms with E-state index in [0.29, 0.717) is 6.54 Å². The average Bonchev–Trinajstić information content (AvgIpc) is 2.44. The summed E-state index contributed by atoms with van der Waals surface area (Å²) in [4.78, 5) is 2.12. The number of hydrogen-bond donors (Lipinski definition) is 1. The number of halogens is 1. The van der Waals surface area contributed by atoms with Crippen LogP contribution in [0.15, 0.2) is 52.3 Å². The summed E-state index contributed by atoms with van der Waals surface area (Å²) in [5, 5.41) is 3.27. The van der Waals surface area contributed by atoms with Gasteiger partial charge in [-0.05, 0) is 44.2 Å². The van der Waals surface area contributed by atoms with Crippen LogP contribution in [0, 0.1) is 12.7 Å².